The van der Waals surface area contributed by atoms with Crippen molar-refractivity contribution in [1.29, 1.82) is 0 Å². The fourth-order valence-corrected chi connectivity index (χ4v) is 0.276. The van der Waals surface area contributed by atoms with Crippen LogP contribution in [0.1, 0.15) is 26.7 Å². The molecule has 1 heteroatoms. The molecule has 0 radical (unpaired) electrons. The van der Waals surface area contributed by atoms with E-state index in [-0.39, 0.29) is 0 Å². The van der Waals surface area contributed by atoms with Gasteiger partial charge < -0.3 is 4.74 Å². The van der Waals surface area contributed by atoms with Crippen molar-refractivity contribution in [1.82, 2.24) is 0 Å². The Kier molecular flexibility index (Phi) is 5.85. The van der Waals surface area contributed by atoms with Gasteiger partial charge in [-0.15, -0.1) is 0 Å². The molecular formula is C7H12O. The lowest BCUT2D eigenvalue weighted by atomic mass is 10.5. The van der Waals surface area contributed by atoms with Crippen LogP contribution in [0, 0.1) is 12.0 Å². The van der Waals surface area contributed by atoms with Crippen molar-refractivity contribution in [3.63, 3.8) is 0 Å². The highest BCUT2D eigenvalue weighted by molar-refractivity contribution is 4.89. The van der Waals surface area contributed by atoms with Crippen molar-refractivity contribution >= 4 is 0 Å². The molecule has 8 heavy (non-hydrogen) atoms. The standard InChI is InChI=1S/C7H12O/c1-3-5-7-8-6-4-2/h3-4,6H2,1-2H3. The first-order valence-corrected chi connectivity index (χ1v) is 3.01. The quantitative estimate of drug-likeness (QED) is 0.391. The van der Waals surface area contributed by atoms with Gasteiger partial charge in [-0.05, 0) is 6.42 Å². The summed E-state index contributed by atoms with van der Waals surface area (Å²) in [6, 6.07) is 0. The van der Waals surface area contributed by atoms with Crippen molar-refractivity contribution in [2.24, 2.45) is 0 Å². The van der Waals surface area contributed by atoms with Crippen LogP contribution >= 0.6 is 0 Å². The van der Waals surface area contributed by atoms with Crippen molar-refractivity contribution < 1.29 is 4.74 Å². The fraction of sp³-hybridized carbons (Fsp3) is 0.714. The average Bonchev–Trinajstić information content (AvgIpc) is 1.81. The molecule has 0 aromatic heterocycles. The molecule has 0 aromatic carbocycles. The van der Waals surface area contributed by atoms with Crippen LogP contribution in [0.15, 0.2) is 0 Å². The monoisotopic (exact) mass is 112 g/mol. The maximum absolute atomic E-state index is 4.86. The minimum Gasteiger partial charge on any atom is -0.447 e. The maximum Gasteiger partial charge on any atom is 0.110 e. The zero-order valence-corrected chi connectivity index (χ0v) is 5.53. The van der Waals surface area contributed by atoms with Gasteiger partial charge in [0, 0.05) is 6.42 Å². The van der Waals surface area contributed by atoms with Gasteiger partial charge in [0.25, 0.3) is 0 Å². The van der Waals surface area contributed by atoms with E-state index in [1.165, 1.54) is 0 Å². The van der Waals surface area contributed by atoms with E-state index in [4.69, 9.17) is 4.74 Å². The molecular weight excluding hydrogens is 100 g/mol. The molecule has 0 unspecified atom stereocenters. The van der Waals surface area contributed by atoms with Crippen LogP contribution in [-0.4, -0.2) is 6.61 Å². The molecule has 0 heterocycles. The molecule has 46 valence electrons. The summed E-state index contributed by atoms with van der Waals surface area (Å²) in [5.41, 5.74) is 0. The number of hydrogen-bond acceptors (Lipinski definition) is 1. The number of ether oxygens (including phenoxy) is 1. The van der Waals surface area contributed by atoms with Gasteiger partial charge in [0.2, 0.25) is 0 Å². The van der Waals surface area contributed by atoms with Crippen molar-refractivity contribution in [2.45, 2.75) is 26.7 Å². The number of rotatable bonds is 2. The molecule has 1 nitrogen and oxygen atoms in total. The van der Waals surface area contributed by atoms with Crippen LogP contribution in [0.2, 0.25) is 0 Å². The van der Waals surface area contributed by atoms with E-state index in [0.717, 1.165) is 19.4 Å². The van der Waals surface area contributed by atoms with E-state index >= 15 is 0 Å². The van der Waals surface area contributed by atoms with E-state index < -0.39 is 0 Å². The Morgan fingerprint density at radius 2 is 2.12 bits per heavy atom. The predicted molar refractivity (Wildman–Crippen MR) is 34.3 cm³/mol. The van der Waals surface area contributed by atoms with Crippen molar-refractivity contribution in [3.05, 3.63) is 0 Å². The zero-order chi connectivity index (χ0) is 6.24. The molecule has 0 aliphatic heterocycles. The Balaban J connectivity index is 2.90. The van der Waals surface area contributed by atoms with Gasteiger partial charge >= 0.3 is 0 Å². The molecule has 0 fully saturated rings. The summed E-state index contributed by atoms with van der Waals surface area (Å²) in [6.45, 7) is 4.82. The third kappa shape index (κ3) is 5.36. The topological polar surface area (TPSA) is 9.23 Å². The minimum atomic E-state index is 0.757. The van der Waals surface area contributed by atoms with E-state index in [9.17, 15) is 0 Å². The maximum atomic E-state index is 4.86. The van der Waals surface area contributed by atoms with Crippen LogP contribution < -0.4 is 0 Å². The summed E-state index contributed by atoms with van der Waals surface area (Å²) in [7, 11) is 0. The van der Waals surface area contributed by atoms with Crippen LogP contribution in [0.5, 0.6) is 0 Å². The molecule has 0 saturated heterocycles. The summed E-state index contributed by atoms with van der Waals surface area (Å²) in [4.78, 5) is 0. The average molecular weight is 112 g/mol. The van der Waals surface area contributed by atoms with Crippen molar-refractivity contribution in [3.8, 4) is 12.0 Å². The highest BCUT2D eigenvalue weighted by atomic mass is 16.5. The van der Waals surface area contributed by atoms with E-state index in [1.807, 2.05) is 6.92 Å². The summed E-state index contributed by atoms with van der Waals surface area (Å²) >= 11 is 0. The second kappa shape index (κ2) is 6.36. The van der Waals surface area contributed by atoms with Gasteiger partial charge in [0.15, 0.2) is 0 Å². The van der Waals surface area contributed by atoms with Gasteiger partial charge in [-0.25, -0.2) is 0 Å². The summed E-state index contributed by atoms with van der Waals surface area (Å²) in [6.07, 6.45) is 4.50. The number of hydrogen-bond donors (Lipinski definition) is 0. The Morgan fingerprint density at radius 3 is 2.62 bits per heavy atom. The van der Waals surface area contributed by atoms with Crippen molar-refractivity contribution in [2.75, 3.05) is 6.61 Å². The zero-order valence-electron chi connectivity index (χ0n) is 5.53. The van der Waals surface area contributed by atoms with Gasteiger partial charge in [-0.1, -0.05) is 19.8 Å². The SMILES string of the molecule is CCC#COCCC. The lowest BCUT2D eigenvalue weighted by molar-refractivity contribution is 0.277. The van der Waals surface area contributed by atoms with Crippen LogP contribution in [0.3, 0.4) is 0 Å². The lowest BCUT2D eigenvalue weighted by Gasteiger charge is -1.87. The normalized spacial score (nSPS) is 7.25. The van der Waals surface area contributed by atoms with Crippen LogP contribution in [0.25, 0.3) is 0 Å². The summed E-state index contributed by atoms with van der Waals surface area (Å²) in [5.74, 6) is 2.81. The Hall–Kier alpha value is -0.640. The molecule has 0 spiro atoms. The molecule has 0 N–H and O–H groups in total. The van der Waals surface area contributed by atoms with Gasteiger partial charge in [-0.2, -0.15) is 0 Å². The Morgan fingerprint density at radius 1 is 1.38 bits per heavy atom. The highest BCUT2D eigenvalue weighted by Gasteiger charge is 1.71. The lowest BCUT2D eigenvalue weighted by Crippen LogP contribution is -1.81. The van der Waals surface area contributed by atoms with Gasteiger partial charge in [0.1, 0.15) is 6.11 Å². The highest BCUT2D eigenvalue weighted by Crippen LogP contribution is 1.76. The van der Waals surface area contributed by atoms with Crippen LogP contribution in [0.4, 0.5) is 0 Å². The summed E-state index contributed by atoms with van der Waals surface area (Å²) in [5, 5.41) is 0. The third-order valence-electron chi connectivity index (χ3n) is 0.627. The van der Waals surface area contributed by atoms with E-state index in [2.05, 4.69) is 19.0 Å². The van der Waals surface area contributed by atoms with Crippen LogP contribution in [-0.2, 0) is 4.74 Å². The first-order chi connectivity index (χ1) is 3.91. The molecule has 0 aromatic rings. The molecule has 0 atom stereocenters. The molecule has 0 saturated carbocycles. The Labute approximate surface area is 51.0 Å². The second-order valence-corrected chi connectivity index (χ2v) is 1.48. The second-order valence-electron chi connectivity index (χ2n) is 1.48. The van der Waals surface area contributed by atoms with Gasteiger partial charge in [0.05, 0.1) is 6.61 Å². The third-order valence-corrected chi connectivity index (χ3v) is 0.627. The molecule has 0 rings (SSSR count). The first-order valence-electron chi connectivity index (χ1n) is 3.01. The van der Waals surface area contributed by atoms with Gasteiger partial charge in [-0.3, -0.25) is 0 Å². The first kappa shape index (κ1) is 7.36. The fourth-order valence-electron chi connectivity index (χ4n) is 0.276. The molecule has 0 aliphatic carbocycles. The smallest absolute Gasteiger partial charge is 0.110 e. The Bertz CT molecular complexity index is 86.3. The molecule has 0 aliphatic rings. The van der Waals surface area contributed by atoms with E-state index in [1.54, 1.807) is 0 Å². The summed E-state index contributed by atoms with van der Waals surface area (Å²) < 4.78 is 4.86. The predicted octanol–water partition coefficient (Wildman–Crippen LogP) is 1.78. The largest absolute Gasteiger partial charge is 0.447 e. The minimum absolute atomic E-state index is 0.757. The molecule has 0 amide bonds. The van der Waals surface area contributed by atoms with E-state index in [0.29, 0.717) is 0 Å². The molecule has 0 bridgehead atoms.